The summed E-state index contributed by atoms with van der Waals surface area (Å²) in [5.74, 6) is -1.61. The SMILES string of the molecule is C=Cc1cc(F)c(-c2ccccc2F)nc1C(=O)N(C1=CCCCO1)c1cccnc1. The van der Waals surface area contributed by atoms with Crippen LogP contribution in [0.5, 0.6) is 0 Å². The van der Waals surface area contributed by atoms with Crippen molar-refractivity contribution in [2.45, 2.75) is 12.8 Å². The van der Waals surface area contributed by atoms with Crippen molar-refractivity contribution in [2.24, 2.45) is 0 Å². The average Bonchev–Trinajstić information content (AvgIpc) is 2.81. The summed E-state index contributed by atoms with van der Waals surface area (Å²) in [5, 5.41) is 0. The van der Waals surface area contributed by atoms with E-state index in [0.29, 0.717) is 18.2 Å². The molecule has 0 N–H and O–H groups in total. The number of halogens is 2. The van der Waals surface area contributed by atoms with Crippen LogP contribution in [-0.4, -0.2) is 22.5 Å². The molecule has 5 nitrogen and oxygen atoms in total. The number of hydrogen-bond donors (Lipinski definition) is 0. The van der Waals surface area contributed by atoms with Crippen molar-refractivity contribution in [3.63, 3.8) is 0 Å². The van der Waals surface area contributed by atoms with Gasteiger partial charge in [0.05, 0.1) is 18.5 Å². The number of ether oxygens (including phenoxy) is 1. The Morgan fingerprint density at radius 3 is 2.68 bits per heavy atom. The van der Waals surface area contributed by atoms with Gasteiger partial charge in [-0.3, -0.25) is 9.78 Å². The minimum Gasteiger partial charge on any atom is -0.479 e. The molecule has 3 aromatic rings. The van der Waals surface area contributed by atoms with Gasteiger partial charge in [0.2, 0.25) is 0 Å². The molecule has 2 aromatic heterocycles. The van der Waals surface area contributed by atoms with Crippen LogP contribution < -0.4 is 4.90 Å². The fourth-order valence-corrected chi connectivity index (χ4v) is 3.31. The van der Waals surface area contributed by atoms with Crippen molar-refractivity contribution in [1.82, 2.24) is 9.97 Å². The summed E-state index contributed by atoms with van der Waals surface area (Å²) >= 11 is 0. The highest BCUT2D eigenvalue weighted by Crippen LogP contribution is 2.29. The van der Waals surface area contributed by atoms with Crippen LogP contribution in [0.25, 0.3) is 17.3 Å². The molecule has 1 aromatic carbocycles. The highest BCUT2D eigenvalue weighted by Gasteiger charge is 2.28. The Morgan fingerprint density at radius 2 is 2.00 bits per heavy atom. The number of benzene rings is 1. The van der Waals surface area contributed by atoms with Gasteiger partial charge >= 0.3 is 0 Å². The van der Waals surface area contributed by atoms with Crippen LogP contribution in [0.15, 0.2) is 73.4 Å². The molecule has 0 spiro atoms. The van der Waals surface area contributed by atoms with Gasteiger partial charge in [0, 0.05) is 17.3 Å². The number of hydrogen-bond acceptors (Lipinski definition) is 4. The number of carbonyl (C=O) groups excluding carboxylic acids is 1. The number of nitrogens with zero attached hydrogens (tertiary/aromatic N) is 3. The van der Waals surface area contributed by atoms with Crippen LogP contribution >= 0.6 is 0 Å². The molecule has 0 radical (unpaired) electrons. The van der Waals surface area contributed by atoms with Crippen molar-refractivity contribution < 1.29 is 18.3 Å². The lowest BCUT2D eigenvalue weighted by atomic mass is 10.1. The first kappa shape index (κ1) is 20.4. The fourth-order valence-electron chi connectivity index (χ4n) is 3.31. The standard InChI is InChI=1S/C24H19F2N3O2/c1-2-16-14-20(26)23(18-9-3-4-10-19(18)25)28-22(16)24(30)29(17-8-7-12-27-15-17)21-11-5-6-13-31-21/h2-4,7-12,14-15H,1,5-6,13H2. The lowest BCUT2D eigenvalue weighted by Gasteiger charge is -2.27. The number of rotatable bonds is 5. The molecule has 0 unspecified atom stereocenters. The maximum atomic E-state index is 14.8. The molecule has 0 atom stereocenters. The van der Waals surface area contributed by atoms with Crippen LogP contribution in [0, 0.1) is 11.6 Å². The third kappa shape index (κ3) is 4.07. The van der Waals surface area contributed by atoms with Crippen LogP contribution in [0.2, 0.25) is 0 Å². The number of allylic oxidation sites excluding steroid dienone is 1. The van der Waals surface area contributed by atoms with Crippen molar-refractivity contribution >= 4 is 17.7 Å². The predicted molar refractivity (Wildman–Crippen MR) is 114 cm³/mol. The molecule has 0 bridgehead atoms. The summed E-state index contributed by atoms with van der Waals surface area (Å²) in [5.41, 5.74) is 0.290. The van der Waals surface area contributed by atoms with Crippen molar-refractivity contribution in [1.29, 1.82) is 0 Å². The summed E-state index contributed by atoms with van der Waals surface area (Å²) in [6, 6.07) is 10.2. The van der Waals surface area contributed by atoms with Gasteiger partial charge in [-0.2, -0.15) is 0 Å². The monoisotopic (exact) mass is 419 g/mol. The number of anilines is 1. The average molecular weight is 419 g/mol. The highest BCUT2D eigenvalue weighted by molar-refractivity contribution is 6.08. The van der Waals surface area contributed by atoms with Gasteiger partial charge in [0.15, 0.2) is 5.88 Å². The van der Waals surface area contributed by atoms with E-state index in [2.05, 4.69) is 16.5 Å². The maximum absolute atomic E-state index is 14.8. The van der Waals surface area contributed by atoms with Crippen molar-refractivity contribution in [3.8, 4) is 11.3 Å². The molecule has 7 heteroatoms. The number of aromatic nitrogens is 2. The first-order valence-electron chi connectivity index (χ1n) is 9.75. The molecule has 156 valence electrons. The quantitative estimate of drug-likeness (QED) is 0.558. The van der Waals surface area contributed by atoms with E-state index in [1.54, 1.807) is 24.4 Å². The van der Waals surface area contributed by atoms with E-state index in [-0.39, 0.29) is 22.5 Å². The minimum atomic E-state index is -0.752. The number of carbonyl (C=O) groups is 1. The van der Waals surface area contributed by atoms with Gasteiger partial charge in [-0.05, 0) is 49.2 Å². The Kier molecular flexibility index (Phi) is 5.84. The summed E-state index contributed by atoms with van der Waals surface area (Å²) in [6.07, 6.45) is 7.83. The minimum absolute atomic E-state index is 0.0364. The van der Waals surface area contributed by atoms with E-state index in [0.717, 1.165) is 18.9 Å². The van der Waals surface area contributed by atoms with Gasteiger partial charge in [-0.25, -0.2) is 18.7 Å². The Morgan fingerprint density at radius 1 is 1.16 bits per heavy atom. The van der Waals surface area contributed by atoms with Crippen LogP contribution in [-0.2, 0) is 4.74 Å². The highest BCUT2D eigenvalue weighted by atomic mass is 19.1. The normalized spacial score (nSPS) is 13.2. The molecule has 0 saturated heterocycles. The van der Waals surface area contributed by atoms with Gasteiger partial charge in [-0.1, -0.05) is 24.8 Å². The van der Waals surface area contributed by atoms with Crippen LogP contribution in [0.4, 0.5) is 14.5 Å². The molecule has 0 saturated carbocycles. The van der Waals surface area contributed by atoms with Gasteiger partial charge in [0.1, 0.15) is 23.0 Å². The zero-order chi connectivity index (χ0) is 21.8. The van der Waals surface area contributed by atoms with Crippen LogP contribution in [0.1, 0.15) is 28.9 Å². The second-order valence-corrected chi connectivity index (χ2v) is 6.83. The smallest absolute Gasteiger partial charge is 0.284 e. The number of amides is 1. The van der Waals surface area contributed by atoms with E-state index in [4.69, 9.17) is 4.74 Å². The summed E-state index contributed by atoms with van der Waals surface area (Å²) in [4.78, 5) is 23.3. The molecule has 0 fully saturated rings. The van der Waals surface area contributed by atoms with Gasteiger partial charge in [0.25, 0.3) is 5.91 Å². The Balaban J connectivity index is 1.87. The Labute approximate surface area is 178 Å². The first-order valence-corrected chi connectivity index (χ1v) is 9.75. The second-order valence-electron chi connectivity index (χ2n) is 6.83. The Hall–Kier alpha value is -3.87. The lowest BCUT2D eigenvalue weighted by molar-refractivity contribution is 0.0952. The molecule has 3 heterocycles. The summed E-state index contributed by atoms with van der Waals surface area (Å²) in [7, 11) is 0. The van der Waals surface area contributed by atoms with Crippen molar-refractivity contribution in [3.05, 3.63) is 96.3 Å². The lowest BCUT2D eigenvalue weighted by Crippen LogP contribution is -2.34. The molecule has 1 aliphatic rings. The third-order valence-corrected chi connectivity index (χ3v) is 4.80. The van der Waals surface area contributed by atoms with Crippen molar-refractivity contribution in [2.75, 3.05) is 11.5 Å². The van der Waals surface area contributed by atoms with E-state index in [9.17, 15) is 13.6 Å². The third-order valence-electron chi connectivity index (χ3n) is 4.80. The zero-order valence-electron chi connectivity index (χ0n) is 16.6. The number of pyridine rings is 2. The largest absolute Gasteiger partial charge is 0.479 e. The molecule has 31 heavy (non-hydrogen) atoms. The summed E-state index contributed by atoms with van der Waals surface area (Å²) < 4.78 is 34.8. The van der Waals surface area contributed by atoms with E-state index in [1.165, 1.54) is 35.4 Å². The zero-order valence-corrected chi connectivity index (χ0v) is 16.6. The predicted octanol–water partition coefficient (Wildman–Crippen LogP) is 5.36. The Bertz CT molecular complexity index is 1160. The summed E-state index contributed by atoms with van der Waals surface area (Å²) in [6.45, 7) is 4.13. The fraction of sp³-hybridized carbons (Fsp3) is 0.125. The molecule has 1 amide bonds. The van der Waals surface area contributed by atoms with Crippen LogP contribution in [0.3, 0.4) is 0 Å². The molecular weight excluding hydrogens is 400 g/mol. The van der Waals surface area contributed by atoms with E-state index in [1.807, 2.05) is 6.08 Å². The molecular formula is C24H19F2N3O2. The maximum Gasteiger partial charge on any atom is 0.284 e. The van der Waals surface area contributed by atoms with E-state index >= 15 is 0 Å². The van der Waals surface area contributed by atoms with Gasteiger partial charge in [-0.15, -0.1) is 0 Å². The molecule has 4 rings (SSSR count). The second kappa shape index (κ2) is 8.87. The molecule has 0 aliphatic carbocycles. The van der Waals surface area contributed by atoms with E-state index < -0.39 is 17.5 Å². The first-order chi connectivity index (χ1) is 15.1. The topological polar surface area (TPSA) is 55.3 Å². The molecule has 1 aliphatic heterocycles. The van der Waals surface area contributed by atoms with Gasteiger partial charge < -0.3 is 4.74 Å².